The second-order valence-corrected chi connectivity index (χ2v) is 10.6. The summed E-state index contributed by atoms with van der Waals surface area (Å²) < 4.78 is 55.9. The van der Waals surface area contributed by atoms with Crippen molar-refractivity contribution in [3.63, 3.8) is 0 Å². The molecule has 2 aliphatic rings. The lowest BCUT2D eigenvalue weighted by atomic mass is 9.76. The average molecular weight is 605 g/mol. The molecule has 9 nitrogen and oxygen atoms in total. The van der Waals surface area contributed by atoms with Crippen molar-refractivity contribution in [2.75, 3.05) is 36.5 Å². The second-order valence-electron chi connectivity index (χ2n) is 10.2. The lowest BCUT2D eigenvalue weighted by molar-refractivity contribution is -0.138. The highest BCUT2D eigenvalue weighted by molar-refractivity contribution is 7.80. The number of hydrogen-bond donors (Lipinski definition) is 1. The van der Waals surface area contributed by atoms with Crippen LogP contribution in [0.15, 0.2) is 30.5 Å². The van der Waals surface area contributed by atoms with Crippen molar-refractivity contribution < 1.29 is 31.9 Å². The van der Waals surface area contributed by atoms with Crippen molar-refractivity contribution in [3.05, 3.63) is 53.1 Å². The number of carbonyl (C=O) groups is 3. The summed E-state index contributed by atoms with van der Waals surface area (Å²) in [5.41, 5.74) is -3.41. The Morgan fingerprint density at radius 1 is 1.26 bits per heavy atom. The van der Waals surface area contributed by atoms with Gasteiger partial charge < -0.3 is 24.8 Å². The van der Waals surface area contributed by atoms with Gasteiger partial charge in [0.15, 0.2) is 10.8 Å². The molecule has 1 saturated heterocycles. The number of aromatic nitrogens is 1. The topological polar surface area (TPSA) is 110 Å². The molecular formula is C28H28F4N6O3S. The predicted molar refractivity (Wildman–Crippen MR) is 149 cm³/mol. The fourth-order valence-electron chi connectivity index (χ4n) is 5.03. The maximum Gasteiger partial charge on any atom is 0.419 e. The molecule has 222 valence electrons. The summed E-state index contributed by atoms with van der Waals surface area (Å²) in [6.07, 6.45) is 0.129. The molecule has 1 aromatic carbocycles. The maximum atomic E-state index is 15.3. The normalized spacial score (nSPS) is 15.9. The van der Waals surface area contributed by atoms with Crippen molar-refractivity contribution in [2.24, 2.45) is 0 Å². The van der Waals surface area contributed by atoms with Gasteiger partial charge in [-0.05, 0) is 68.6 Å². The van der Waals surface area contributed by atoms with Crippen molar-refractivity contribution in [2.45, 2.75) is 50.2 Å². The summed E-state index contributed by atoms with van der Waals surface area (Å²) >= 11 is 5.62. The molecule has 1 aliphatic heterocycles. The van der Waals surface area contributed by atoms with E-state index in [4.69, 9.17) is 17.5 Å². The summed E-state index contributed by atoms with van der Waals surface area (Å²) in [5.74, 6) is -1.46. The summed E-state index contributed by atoms with van der Waals surface area (Å²) in [4.78, 5) is 44.6. The molecule has 0 bridgehead atoms. The van der Waals surface area contributed by atoms with Crippen LogP contribution in [0.3, 0.4) is 0 Å². The number of rotatable bonds is 9. The first-order valence-electron chi connectivity index (χ1n) is 13.3. The molecule has 1 saturated carbocycles. The Labute approximate surface area is 245 Å². The Bertz CT molecular complexity index is 1440. The van der Waals surface area contributed by atoms with Crippen LogP contribution in [0.4, 0.5) is 28.9 Å². The molecule has 2 amide bonds. The summed E-state index contributed by atoms with van der Waals surface area (Å²) in [6.45, 7) is 1.41. The monoisotopic (exact) mass is 604 g/mol. The summed E-state index contributed by atoms with van der Waals surface area (Å²) in [5, 5.41) is 11.6. The lowest BCUT2D eigenvalue weighted by Gasteiger charge is -2.48. The van der Waals surface area contributed by atoms with E-state index in [1.165, 1.54) is 35.0 Å². The van der Waals surface area contributed by atoms with E-state index in [-0.39, 0.29) is 34.5 Å². The van der Waals surface area contributed by atoms with Gasteiger partial charge in [0.25, 0.3) is 5.91 Å². The molecule has 0 unspecified atom stereocenters. The Hall–Kier alpha value is -4.12. The first kappa shape index (κ1) is 30.8. The van der Waals surface area contributed by atoms with Crippen LogP contribution in [-0.4, -0.2) is 65.3 Å². The quantitative estimate of drug-likeness (QED) is 0.196. The van der Waals surface area contributed by atoms with Crippen molar-refractivity contribution >= 4 is 46.8 Å². The minimum absolute atomic E-state index is 0.0758. The van der Waals surface area contributed by atoms with E-state index in [9.17, 15) is 27.6 Å². The number of benzene rings is 1. The van der Waals surface area contributed by atoms with Crippen molar-refractivity contribution in [1.29, 1.82) is 5.26 Å². The number of nitriles is 1. The summed E-state index contributed by atoms with van der Waals surface area (Å²) in [7, 11) is 1.38. The lowest BCUT2D eigenvalue weighted by Crippen LogP contribution is -2.60. The van der Waals surface area contributed by atoms with E-state index >= 15 is 4.39 Å². The number of nitrogens with zero attached hydrogens (tertiary/aromatic N) is 5. The molecule has 2 heterocycles. The fourth-order valence-corrected chi connectivity index (χ4v) is 5.42. The van der Waals surface area contributed by atoms with Crippen LogP contribution in [0.1, 0.15) is 60.1 Å². The third-order valence-electron chi connectivity index (χ3n) is 7.55. The molecule has 4 rings (SSSR count). The smallest absolute Gasteiger partial charge is 0.352 e. The molecule has 1 aliphatic carbocycles. The third kappa shape index (κ3) is 6.20. The van der Waals surface area contributed by atoms with Crippen molar-refractivity contribution in [3.8, 4) is 6.07 Å². The van der Waals surface area contributed by atoms with Gasteiger partial charge in [-0.15, -0.1) is 0 Å². The van der Waals surface area contributed by atoms with Crippen LogP contribution in [0.2, 0.25) is 0 Å². The zero-order chi connectivity index (χ0) is 30.7. The van der Waals surface area contributed by atoms with E-state index in [1.807, 2.05) is 0 Å². The first-order chi connectivity index (χ1) is 19.9. The number of halogens is 4. The van der Waals surface area contributed by atoms with Gasteiger partial charge in [0, 0.05) is 38.8 Å². The Kier molecular flexibility index (Phi) is 9.10. The standard InChI is InChI=1S/C28H28F4N6O3S/c1-36(19-13-21(28(30,31)32)23(15-33)35-16-19)26(42)38(27(17-39)8-3-9-27)18-6-7-20(22(29)14-18)25(41)34-10-4-12-37-11-2-5-24(37)40/h6-7,13-14,16-17H,2-5,8-12H2,1H3,(H,34,41). The van der Waals surface area contributed by atoms with Crippen LogP contribution < -0.4 is 15.1 Å². The molecule has 1 aromatic heterocycles. The molecule has 1 N–H and O–H groups in total. The molecular weight excluding hydrogens is 576 g/mol. The first-order valence-corrected chi connectivity index (χ1v) is 13.7. The molecule has 0 spiro atoms. The molecule has 0 atom stereocenters. The van der Waals surface area contributed by atoms with Gasteiger partial charge in [-0.2, -0.15) is 18.4 Å². The predicted octanol–water partition coefficient (Wildman–Crippen LogP) is 4.20. The number of anilines is 2. The highest BCUT2D eigenvalue weighted by Crippen LogP contribution is 2.41. The number of carbonyl (C=O) groups excluding carboxylic acids is 3. The zero-order valence-corrected chi connectivity index (χ0v) is 23.5. The molecule has 2 fully saturated rings. The van der Waals surface area contributed by atoms with Gasteiger partial charge >= 0.3 is 6.18 Å². The van der Waals surface area contributed by atoms with Gasteiger partial charge in [0.2, 0.25) is 5.91 Å². The molecule has 14 heteroatoms. The van der Waals surface area contributed by atoms with E-state index in [0.717, 1.165) is 24.8 Å². The van der Waals surface area contributed by atoms with Crippen LogP contribution >= 0.6 is 12.2 Å². The van der Waals surface area contributed by atoms with Gasteiger partial charge in [-0.3, -0.25) is 9.59 Å². The Morgan fingerprint density at radius 3 is 2.55 bits per heavy atom. The van der Waals surface area contributed by atoms with E-state index in [2.05, 4.69) is 10.3 Å². The Balaban J connectivity index is 1.56. The minimum atomic E-state index is -4.85. The molecule has 42 heavy (non-hydrogen) atoms. The van der Waals surface area contributed by atoms with Crippen LogP contribution in [0.25, 0.3) is 0 Å². The van der Waals surface area contributed by atoms with E-state index in [1.54, 1.807) is 4.90 Å². The summed E-state index contributed by atoms with van der Waals surface area (Å²) in [6, 6.07) is 5.88. The minimum Gasteiger partial charge on any atom is -0.352 e. The van der Waals surface area contributed by atoms with Crippen LogP contribution in [0.5, 0.6) is 0 Å². The van der Waals surface area contributed by atoms with Crippen LogP contribution in [-0.2, 0) is 15.8 Å². The molecule has 0 radical (unpaired) electrons. The number of alkyl halides is 3. The maximum absolute atomic E-state index is 15.3. The highest BCUT2D eigenvalue weighted by atomic mass is 32.1. The van der Waals surface area contributed by atoms with Gasteiger partial charge in [0.05, 0.1) is 23.0 Å². The van der Waals surface area contributed by atoms with Gasteiger partial charge in [0.1, 0.15) is 23.7 Å². The second kappa shape index (κ2) is 12.4. The number of thiocarbonyl (C=S) groups is 1. The third-order valence-corrected chi connectivity index (χ3v) is 8.01. The van der Waals surface area contributed by atoms with Crippen LogP contribution in [0, 0.1) is 17.1 Å². The average Bonchev–Trinajstić information content (AvgIpc) is 3.35. The number of amides is 2. The number of hydrogen-bond acceptors (Lipinski definition) is 6. The fraction of sp³-hybridized carbons (Fsp3) is 0.429. The Morgan fingerprint density at radius 2 is 2.00 bits per heavy atom. The highest BCUT2D eigenvalue weighted by Gasteiger charge is 2.46. The van der Waals surface area contributed by atoms with E-state index in [0.29, 0.717) is 51.5 Å². The molecule has 2 aromatic rings. The number of likely N-dealkylation sites (tertiary alicyclic amines) is 1. The largest absolute Gasteiger partial charge is 0.419 e. The number of pyridine rings is 1. The zero-order valence-electron chi connectivity index (χ0n) is 22.7. The SMILES string of the molecule is CN(C(=S)N(c1ccc(C(=O)NCCCN2CCCC2=O)c(F)c1)C1(C=O)CCC1)c1cnc(C#N)c(C(F)(F)F)c1. The number of aldehydes is 1. The number of nitrogens with one attached hydrogen (secondary N) is 1. The van der Waals surface area contributed by atoms with Gasteiger partial charge in [-0.1, -0.05) is 0 Å². The van der Waals surface area contributed by atoms with E-state index < -0.39 is 34.7 Å². The van der Waals surface area contributed by atoms with Crippen molar-refractivity contribution in [1.82, 2.24) is 15.2 Å². The van der Waals surface area contributed by atoms with Gasteiger partial charge in [-0.25, -0.2) is 9.37 Å².